The molecule has 1 aromatic rings. The molecule has 26 heavy (non-hydrogen) atoms. The minimum absolute atomic E-state index is 0.134. The molecule has 7 heteroatoms. The molecule has 0 aromatic heterocycles. The lowest BCUT2D eigenvalue weighted by atomic mass is 9.86. The van der Waals surface area contributed by atoms with E-state index in [-0.39, 0.29) is 5.41 Å². The summed E-state index contributed by atoms with van der Waals surface area (Å²) < 4.78 is 6.01. The summed E-state index contributed by atoms with van der Waals surface area (Å²) in [7, 11) is 0. The second-order valence-corrected chi connectivity index (χ2v) is 7.15. The molecule has 0 bridgehead atoms. The number of piperazine rings is 1. The van der Waals surface area contributed by atoms with Crippen molar-refractivity contribution in [3.63, 3.8) is 0 Å². The van der Waals surface area contributed by atoms with E-state index >= 15 is 0 Å². The number of nitrogens with zero attached hydrogens (tertiary/aromatic N) is 1. The summed E-state index contributed by atoms with van der Waals surface area (Å²) in [4.78, 5) is 20.7. The first kappa shape index (κ1) is 21.9. The van der Waals surface area contributed by atoms with Crippen LogP contribution in [0.4, 0.5) is 0 Å². The molecule has 0 spiro atoms. The maximum Gasteiger partial charge on any atom is 0.414 e. The third-order valence-electron chi connectivity index (χ3n) is 3.96. The molecule has 0 unspecified atom stereocenters. The number of ether oxygens (including phenoxy) is 1. The molecular weight excluding hydrogens is 336 g/mol. The number of carboxylic acids is 2. The predicted octanol–water partition coefficient (Wildman–Crippen LogP) is 1.81. The molecule has 0 aliphatic carbocycles. The van der Waals surface area contributed by atoms with Crippen LogP contribution in [0.15, 0.2) is 24.3 Å². The summed E-state index contributed by atoms with van der Waals surface area (Å²) in [6.45, 7) is 13.2. The molecule has 2 rings (SSSR count). The van der Waals surface area contributed by atoms with Gasteiger partial charge in [-0.3, -0.25) is 0 Å². The fourth-order valence-corrected chi connectivity index (χ4v) is 2.62. The van der Waals surface area contributed by atoms with Crippen LogP contribution in [-0.4, -0.2) is 66.4 Å². The lowest BCUT2D eigenvalue weighted by Gasteiger charge is -2.27. The molecule has 1 aliphatic heterocycles. The summed E-state index contributed by atoms with van der Waals surface area (Å²) in [5.74, 6) is -2.61. The Morgan fingerprint density at radius 3 is 2.23 bits per heavy atom. The number of nitrogens with one attached hydrogen (secondary N) is 1. The normalized spacial score (nSPS) is 14.9. The largest absolute Gasteiger partial charge is 0.493 e. The lowest BCUT2D eigenvalue weighted by Crippen LogP contribution is -2.44. The van der Waals surface area contributed by atoms with E-state index in [9.17, 15) is 0 Å². The SMILES string of the molecule is CC(C)(C)c1ccccc1OCCCN1CCNCC1.O=C(O)C(=O)O. The van der Waals surface area contributed by atoms with Crippen molar-refractivity contribution in [1.29, 1.82) is 0 Å². The maximum atomic E-state index is 9.10. The van der Waals surface area contributed by atoms with Gasteiger partial charge in [0, 0.05) is 32.7 Å². The van der Waals surface area contributed by atoms with Crippen LogP contribution < -0.4 is 10.1 Å². The van der Waals surface area contributed by atoms with E-state index in [1.54, 1.807) is 0 Å². The minimum Gasteiger partial charge on any atom is -0.493 e. The van der Waals surface area contributed by atoms with E-state index < -0.39 is 11.9 Å². The first-order valence-corrected chi connectivity index (χ1v) is 8.83. The highest BCUT2D eigenvalue weighted by Gasteiger charge is 2.18. The van der Waals surface area contributed by atoms with Crippen molar-refractivity contribution in [1.82, 2.24) is 10.2 Å². The monoisotopic (exact) mass is 366 g/mol. The molecule has 1 saturated heterocycles. The van der Waals surface area contributed by atoms with Crippen molar-refractivity contribution < 1.29 is 24.5 Å². The predicted molar refractivity (Wildman–Crippen MR) is 99.8 cm³/mol. The molecule has 1 aromatic carbocycles. The zero-order valence-corrected chi connectivity index (χ0v) is 15.8. The van der Waals surface area contributed by atoms with Gasteiger partial charge in [0.1, 0.15) is 5.75 Å². The zero-order valence-electron chi connectivity index (χ0n) is 15.8. The van der Waals surface area contributed by atoms with Gasteiger partial charge in [0.15, 0.2) is 0 Å². The van der Waals surface area contributed by atoms with Gasteiger partial charge in [-0.15, -0.1) is 0 Å². The van der Waals surface area contributed by atoms with Gasteiger partial charge in [0.05, 0.1) is 6.61 Å². The molecule has 146 valence electrons. The molecule has 1 aliphatic rings. The molecule has 0 amide bonds. The average Bonchev–Trinajstić information content (AvgIpc) is 2.59. The van der Waals surface area contributed by atoms with Crippen LogP contribution in [0, 0.1) is 0 Å². The van der Waals surface area contributed by atoms with Gasteiger partial charge in [0.2, 0.25) is 0 Å². The van der Waals surface area contributed by atoms with E-state index in [0.717, 1.165) is 38.4 Å². The number of carbonyl (C=O) groups is 2. The minimum atomic E-state index is -1.82. The highest BCUT2D eigenvalue weighted by atomic mass is 16.5. The second kappa shape index (κ2) is 10.8. The number of carboxylic acid groups (broad SMARTS) is 2. The van der Waals surface area contributed by atoms with Crippen molar-refractivity contribution in [2.24, 2.45) is 0 Å². The smallest absolute Gasteiger partial charge is 0.414 e. The van der Waals surface area contributed by atoms with Crippen LogP contribution in [0.5, 0.6) is 5.75 Å². The summed E-state index contributed by atoms with van der Waals surface area (Å²) in [6.07, 6.45) is 1.10. The lowest BCUT2D eigenvalue weighted by molar-refractivity contribution is -0.159. The van der Waals surface area contributed by atoms with Crippen LogP contribution in [0.3, 0.4) is 0 Å². The Kier molecular flexibility index (Phi) is 9.09. The van der Waals surface area contributed by atoms with E-state index in [4.69, 9.17) is 24.5 Å². The Bertz CT molecular complexity index is 566. The van der Waals surface area contributed by atoms with E-state index in [1.165, 1.54) is 18.7 Å². The van der Waals surface area contributed by atoms with Crippen LogP contribution >= 0.6 is 0 Å². The molecule has 3 N–H and O–H groups in total. The maximum absolute atomic E-state index is 9.10. The van der Waals surface area contributed by atoms with Gasteiger partial charge in [-0.2, -0.15) is 0 Å². The van der Waals surface area contributed by atoms with Crippen molar-refractivity contribution in [3.8, 4) is 5.75 Å². The number of hydrogen-bond donors (Lipinski definition) is 3. The van der Waals surface area contributed by atoms with E-state index in [2.05, 4.69) is 55.3 Å². The summed E-state index contributed by atoms with van der Waals surface area (Å²) >= 11 is 0. The van der Waals surface area contributed by atoms with Gasteiger partial charge in [-0.25, -0.2) is 9.59 Å². The molecule has 0 radical (unpaired) electrons. The van der Waals surface area contributed by atoms with E-state index in [1.807, 2.05) is 0 Å². The van der Waals surface area contributed by atoms with Gasteiger partial charge < -0.3 is 25.2 Å². The van der Waals surface area contributed by atoms with Gasteiger partial charge in [-0.05, 0) is 23.5 Å². The molecular formula is C19H30N2O5. The first-order chi connectivity index (χ1) is 12.2. The van der Waals surface area contributed by atoms with Gasteiger partial charge >= 0.3 is 11.9 Å². The number of para-hydroxylation sites is 1. The molecule has 0 atom stereocenters. The number of hydrogen-bond acceptors (Lipinski definition) is 5. The fraction of sp³-hybridized carbons (Fsp3) is 0.579. The zero-order chi connectivity index (χ0) is 19.6. The Balaban J connectivity index is 0.000000487. The Labute approximate surface area is 155 Å². The molecule has 1 fully saturated rings. The Morgan fingerprint density at radius 1 is 1.12 bits per heavy atom. The summed E-state index contributed by atoms with van der Waals surface area (Å²) in [6, 6.07) is 8.41. The van der Waals surface area contributed by atoms with Crippen LogP contribution in [0.25, 0.3) is 0 Å². The fourth-order valence-electron chi connectivity index (χ4n) is 2.62. The number of benzene rings is 1. The van der Waals surface area contributed by atoms with Crippen molar-refractivity contribution >= 4 is 11.9 Å². The number of aliphatic carboxylic acids is 2. The highest BCUT2D eigenvalue weighted by molar-refractivity contribution is 6.27. The van der Waals surface area contributed by atoms with Crippen molar-refractivity contribution in [3.05, 3.63) is 29.8 Å². The molecule has 1 heterocycles. The summed E-state index contributed by atoms with van der Waals surface area (Å²) in [5.41, 5.74) is 1.43. The molecule has 7 nitrogen and oxygen atoms in total. The van der Waals surface area contributed by atoms with Crippen molar-refractivity contribution in [2.75, 3.05) is 39.3 Å². The topological polar surface area (TPSA) is 99.1 Å². The third kappa shape index (κ3) is 8.31. The molecule has 0 saturated carbocycles. The first-order valence-electron chi connectivity index (χ1n) is 8.83. The van der Waals surface area contributed by atoms with Gasteiger partial charge in [-0.1, -0.05) is 39.0 Å². The second-order valence-electron chi connectivity index (χ2n) is 7.15. The van der Waals surface area contributed by atoms with Crippen LogP contribution in [0.1, 0.15) is 32.8 Å². The summed E-state index contributed by atoms with van der Waals surface area (Å²) in [5, 5.41) is 18.2. The Morgan fingerprint density at radius 2 is 1.69 bits per heavy atom. The average molecular weight is 366 g/mol. The van der Waals surface area contributed by atoms with Crippen molar-refractivity contribution in [2.45, 2.75) is 32.6 Å². The standard InChI is InChI=1S/C17H28N2O.C2H2O4/c1-17(2,3)15-7-4-5-8-16(15)20-14-6-11-19-12-9-18-10-13-19;3-1(4)2(5)6/h4-5,7-8,18H,6,9-14H2,1-3H3;(H,3,4)(H,5,6). The van der Waals surface area contributed by atoms with E-state index in [0.29, 0.717) is 0 Å². The highest BCUT2D eigenvalue weighted by Crippen LogP contribution is 2.30. The van der Waals surface area contributed by atoms with Crippen LogP contribution in [-0.2, 0) is 15.0 Å². The quantitative estimate of drug-likeness (QED) is 0.540. The Hall–Kier alpha value is -2.12. The van der Waals surface area contributed by atoms with Crippen LogP contribution in [0.2, 0.25) is 0 Å². The van der Waals surface area contributed by atoms with Gasteiger partial charge in [0.25, 0.3) is 0 Å². The third-order valence-corrected chi connectivity index (χ3v) is 3.96. The number of rotatable bonds is 5.